The predicted octanol–water partition coefficient (Wildman–Crippen LogP) is 0.861. The van der Waals surface area contributed by atoms with E-state index in [1.165, 1.54) is 6.07 Å². The molecule has 2 atom stereocenters. The SMILES string of the molecule is O=C1CCC(Nc2ccc(N3CC[C@@H](CO)C3)c(F)c2)C(=O)N1. The number of aliphatic hydroxyl groups is 1. The quantitative estimate of drug-likeness (QED) is 0.717. The van der Waals surface area contributed by atoms with Gasteiger partial charge in [0.15, 0.2) is 0 Å². The molecule has 2 fully saturated rings. The van der Waals surface area contributed by atoms with Crippen molar-refractivity contribution in [2.75, 3.05) is 29.9 Å². The van der Waals surface area contributed by atoms with Gasteiger partial charge in [-0.1, -0.05) is 0 Å². The number of halogens is 1. The number of piperidine rings is 1. The van der Waals surface area contributed by atoms with Gasteiger partial charge in [-0.05, 0) is 31.0 Å². The summed E-state index contributed by atoms with van der Waals surface area (Å²) in [6, 6.07) is 4.26. The summed E-state index contributed by atoms with van der Waals surface area (Å²) in [4.78, 5) is 24.8. The number of nitrogens with zero attached hydrogens (tertiary/aromatic N) is 1. The first-order valence-corrected chi connectivity index (χ1v) is 7.82. The highest BCUT2D eigenvalue weighted by atomic mass is 19.1. The highest BCUT2D eigenvalue weighted by Gasteiger charge is 2.27. The first-order valence-electron chi connectivity index (χ1n) is 7.82. The molecule has 1 aromatic rings. The maximum absolute atomic E-state index is 14.3. The zero-order chi connectivity index (χ0) is 16.4. The average molecular weight is 321 g/mol. The summed E-state index contributed by atoms with van der Waals surface area (Å²) in [6.45, 7) is 1.49. The van der Waals surface area contributed by atoms with E-state index in [0.717, 1.165) is 13.0 Å². The van der Waals surface area contributed by atoms with E-state index < -0.39 is 6.04 Å². The number of carbonyl (C=O) groups excluding carboxylic acids is 2. The van der Waals surface area contributed by atoms with E-state index in [1.54, 1.807) is 12.1 Å². The highest BCUT2D eigenvalue weighted by Crippen LogP contribution is 2.28. The Morgan fingerprint density at radius 1 is 1.35 bits per heavy atom. The van der Waals surface area contributed by atoms with Crippen LogP contribution in [0.2, 0.25) is 0 Å². The third kappa shape index (κ3) is 3.44. The lowest BCUT2D eigenvalue weighted by molar-refractivity contribution is -0.133. The maximum atomic E-state index is 14.3. The number of anilines is 2. The number of carbonyl (C=O) groups is 2. The van der Waals surface area contributed by atoms with Gasteiger partial charge in [-0.25, -0.2) is 4.39 Å². The lowest BCUT2D eigenvalue weighted by Gasteiger charge is -2.24. The Labute approximate surface area is 133 Å². The largest absolute Gasteiger partial charge is 0.396 e. The van der Waals surface area contributed by atoms with Crippen LogP contribution in [-0.2, 0) is 9.59 Å². The highest BCUT2D eigenvalue weighted by molar-refractivity contribution is 6.01. The molecule has 6 nitrogen and oxygen atoms in total. The Bertz CT molecular complexity index is 623. The molecular weight excluding hydrogens is 301 g/mol. The first kappa shape index (κ1) is 15.7. The van der Waals surface area contributed by atoms with Crippen LogP contribution in [0.3, 0.4) is 0 Å². The molecule has 0 saturated carbocycles. The van der Waals surface area contributed by atoms with Crippen LogP contribution in [-0.4, -0.2) is 42.7 Å². The molecule has 0 aromatic heterocycles. The molecular formula is C16H20FN3O3. The smallest absolute Gasteiger partial charge is 0.249 e. The van der Waals surface area contributed by atoms with Gasteiger partial charge in [-0.2, -0.15) is 0 Å². The second-order valence-electron chi connectivity index (χ2n) is 6.10. The van der Waals surface area contributed by atoms with Crippen molar-refractivity contribution < 1.29 is 19.1 Å². The van der Waals surface area contributed by atoms with Crippen LogP contribution in [0.1, 0.15) is 19.3 Å². The molecule has 0 aliphatic carbocycles. The van der Waals surface area contributed by atoms with Crippen LogP contribution < -0.4 is 15.5 Å². The van der Waals surface area contributed by atoms with Crippen molar-refractivity contribution in [1.82, 2.24) is 5.32 Å². The fourth-order valence-corrected chi connectivity index (χ4v) is 3.09. The number of aliphatic hydroxyl groups excluding tert-OH is 1. The minimum Gasteiger partial charge on any atom is -0.396 e. The van der Waals surface area contributed by atoms with Gasteiger partial charge >= 0.3 is 0 Å². The van der Waals surface area contributed by atoms with Crippen molar-refractivity contribution in [3.05, 3.63) is 24.0 Å². The van der Waals surface area contributed by atoms with Crippen LogP contribution in [0.5, 0.6) is 0 Å². The molecule has 124 valence electrons. The number of rotatable bonds is 4. The Kier molecular flexibility index (Phi) is 4.47. The molecule has 1 unspecified atom stereocenters. The molecule has 2 saturated heterocycles. The molecule has 2 heterocycles. The van der Waals surface area contributed by atoms with Gasteiger partial charge in [0.2, 0.25) is 11.8 Å². The molecule has 1 aromatic carbocycles. The summed E-state index contributed by atoms with van der Waals surface area (Å²) in [5, 5.41) is 14.4. The molecule has 2 amide bonds. The summed E-state index contributed by atoms with van der Waals surface area (Å²) < 4.78 is 14.3. The lowest BCUT2D eigenvalue weighted by Crippen LogP contribution is -2.47. The molecule has 2 aliphatic rings. The standard InChI is InChI=1S/C16H20FN3O3/c17-12-7-11(18-13-2-4-15(22)19-16(13)23)1-3-14(12)20-6-5-10(8-20)9-21/h1,3,7,10,13,18,21H,2,4-6,8-9H2,(H,19,22,23)/t10-,13?/m1/s1. The number of amides is 2. The van der Waals surface area contributed by atoms with Crippen molar-refractivity contribution in [1.29, 1.82) is 0 Å². The van der Waals surface area contributed by atoms with E-state index in [0.29, 0.717) is 24.3 Å². The number of imide groups is 1. The first-order chi connectivity index (χ1) is 11.1. The van der Waals surface area contributed by atoms with E-state index >= 15 is 0 Å². The number of benzene rings is 1. The van der Waals surface area contributed by atoms with Crippen LogP contribution in [0.15, 0.2) is 18.2 Å². The summed E-state index contributed by atoms with van der Waals surface area (Å²) in [7, 11) is 0. The van der Waals surface area contributed by atoms with Gasteiger partial charge in [0.25, 0.3) is 0 Å². The van der Waals surface area contributed by atoms with Crippen molar-refractivity contribution in [3.63, 3.8) is 0 Å². The van der Waals surface area contributed by atoms with Gasteiger partial charge in [0, 0.05) is 37.7 Å². The van der Waals surface area contributed by atoms with Crippen molar-refractivity contribution in [3.8, 4) is 0 Å². The molecule has 0 spiro atoms. The number of hydrogen-bond donors (Lipinski definition) is 3. The summed E-state index contributed by atoms with van der Waals surface area (Å²) in [6.07, 6.45) is 1.53. The number of nitrogens with one attached hydrogen (secondary N) is 2. The minimum absolute atomic E-state index is 0.118. The van der Waals surface area contributed by atoms with E-state index in [-0.39, 0.29) is 36.6 Å². The third-order valence-corrected chi connectivity index (χ3v) is 4.41. The van der Waals surface area contributed by atoms with Crippen molar-refractivity contribution in [2.24, 2.45) is 5.92 Å². The molecule has 23 heavy (non-hydrogen) atoms. The minimum atomic E-state index is -0.525. The average Bonchev–Trinajstić information content (AvgIpc) is 2.99. The maximum Gasteiger partial charge on any atom is 0.249 e. The van der Waals surface area contributed by atoms with E-state index in [2.05, 4.69) is 10.6 Å². The van der Waals surface area contributed by atoms with E-state index in [1.807, 2.05) is 4.90 Å². The zero-order valence-corrected chi connectivity index (χ0v) is 12.7. The van der Waals surface area contributed by atoms with Gasteiger partial charge in [0.1, 0.15) is 11.9 Å². The fraction of sp³-hybridized carbons (Fsp3) is 0.500. The molecule has 7 heteroatoms. The van der Waals surface area contributed by atoms with Crippen molar-refractivity contribution in [2.45, 2.75) is 25.3 Å². The molecule has 3 rings (SSSR count). The van der Waals surface area contributed by atoms with E-state index in [4.69, 9.17) is 0 Å². The zero-order valence-electron chi connectivity index (χ0n) is 12.7. The number of hydrogen-bond acceptors (Lipinski definition) is 5. The second kappa shape index (κ2) is 6.54. The second-order valence-corrected chi connectivity index (χ2v) is 6.10. The normalized spacial score (nSPS) is 24.7. The summed E-state index contributed by atoms with van der Waals surface area (Å²) in [5.41, 5.74) is 1.02. The molecule has 0 radical (unpaired) electrons. The molecule has 0 bridgehead atoms. The molecule has 2 aliphatic heterocycles. The van der Waals surface area contributed by atoms with Crippen LogP contribution in [0.25, 0.3) is 0 Å². The van der Waals surface area contributed by atoms with Gasteiger partial charge < -0.3 is 15.3 Å². The monoisotopic (exact) mass is 321 g/mol. The predicted molar refractivity (Wildman–Crippen MR) is 83.6 cm³/mol. The Morgan fingerprint density at radius 2 is 2.17 bits per heavy atom. The van der Waals surface area contributed by atoms with Gasteiger partial charge in [-0.15, -0.1) is 0 Å². The Morgan fingerprint density at radius 3 is 2.83 bits per heavy atom. The fourth-order valence-electron chi connectivity index (χ4n) is 3.09. The van der Waals surface area contributed by atoms with E-state index in [9.17, 15) is 19.1 Å². The lowest BCUT2D eigenvalue weighted by atomic mass is 10.1. The van der Waals surface area contributed by atoms with Crippen LogP contribution >= 0.6 is 0 Å². The van der Waals surface area contributed by atoms with Gasteiger partial charge in [-0.3, -0.25) is 14.9 Å². The van der Waals surface area contributed by atoms with Crippen LogP contribution in [0.4, 0.5) is 15.8 Å². The van der Waals surface area contributed by atoms with Gasteiger partial charge in [0.05, 0.1) is 5.69 Å². The van der Waals surface area contributed by atoms with Crippen LogP contribution in [0, 0.1) is 11.7 Å². The Balaban J connectivity index is 1.67. The third-order valence-electron chi connectivity index (χ3n) is 4.41. The molecule has 3 N–H and O–H groups in total. The van der Waals surface area contributed by atoms with Crippen molar-refractivity contribution >= 4 is 23.2 Å². The topological polar surface area (TPSA) is 81.7 Å². The summed E-state index contributed by atoms with van der Waals surface area (Å²) >= 11 is 0. The summed E-state index contributed by atoms with van der Waals surface area (Å²) in [5.74, 6) is -0.824. The Hall–Kier alpha value is -2.15.